The number of carbonyl (C=O) groups is 1. The standard InChI is InChI=1S/C22H30N4O.ClH/c1-2-17-16-25(13-10-20(17)18-7-4-3-5-8-18)22(27)21-11-14-26(24-21)19-9-6-12-23-15-19;/h3-5,7-8,11,14,17,19-20,23H,2,6,9-10,12-13,15-16H2,1H3;1H. The molecule has 3 atom stereocenters. The number of aromatic nitrogens is 2. The van der Waals surface area contributed by atoms with Crippen LogP contribution in [0.15, 0.2) is 42.6 Å². The Bertz CT molecular complexity index is 757. The highest BCUT2D eigenvalue weighted by atomic mass is 35.5. The van der Waals surface area contributed by atoms with Gasteiger partial charge in [-0.15, -0.1) is 12.4 Å². The van der Waals surface area contributed by atoms with Crippen molar-refractivity contribution >= 4 is 18.3 Å². The summed E-state index contributed by atoms with van der Waals surface area (Å²) in [6.45, 7) is 5.90. The first-order chi connectivity index (χ1) is 13.3. The third-order valence-corrected chi connectivity index (χ3v) is 6.25. The molecule has 4 rings (SSSR count). The van der Waals surface area contributed by atoms with Gasteiger partial charge >= 0.3 is 0 Å². The van der Waals surface area contributed by atoms with Crippen molar-refractivity contribution in [2.24, 2.45) is 5.92 Å². The van der Waals surface area contributed by atoms with Crippen LogP contribution in [0.2, 0.25) is 0 Å². The first kappa shape index (κ1) is 20.9. The van der Waals surface area contributed by atoms with E-state index in [1.54, 1.807) is 0 Å². The van der Waals surface area contributed by atoms with E-state index in [-0.39, 0.29) is 18.3 Å². The molecule has 0 saturated carbocycles. The fourth-order valence-electron chi connectivity index (χ4n) is 4.65. The minimum atomic E-state index is 0. The first-order valence-corrected chi connectivity index (χ1v) is 10.4. The smallest absolute Gasteiger partial charge is 0.274 e. The molecule has 5 nitrogen and oxygen atoms in total. The van der Waals surface area contributed by atoms with Crippen molar-refractivity contribution in [2.75, 3.05) is 26.2 Å². The number of benzene rings is 1. The Morgan fingerprint density at radius 2 is 2.04 bits per heavy atom. The van der Waals surface area contributed by atoms with Crippen LogP contribution < -0.4 is 5.32 Å². The van der Waals surface area contributed by atoms with Crippen LogP contribution in [-0.4, -0.2) is 46.8 Å². The molecular formula is C22H31ClN4O. The predicted molar refractivity (Wildman–Crippen MR) is 114 cm³/mol. The Morgan fingerprint density at radius 3 is 2.75 bits per heavy atom. The van der Waals surface area contributed by atoms with Gasteiger partial charge in [0.1, 0.15) is 5.69 Å². The van der Waals surface area contributed by atoms with E-state index in [4.69, 9.17) is 0 Å². The summed E-state index contributed by atoms with van der Waals surface area (Å²) in [6.07, 6.45) is 6.38. The second-order valence-electron chi connectivity index (χ2n) is 7.91. The Morgan fingerprint density at radius 1 is 1.21 bits per heavy atom. The van der Waals surface area contributed by atoms with E-state index in [1.807, 2.05) is 21.8 Å². The van der Waals surface area contributed by atoms with Gasteiger partial charge in [0.05, 0.1) is 6.04 Å². The average molecular weight is 403 g/mol. The fraction of sp³-hybridized carbons (Fsp3) is 0.545. The summed E-state index contributed by atoms with van der Waals surface area (Å²) >= 11 is 0. The molecule has 0 spiro atoms. The number of likely N-dealkylation sites (tertiary alicyclic amines) is 1. The molecule has 6 heteroatoms. The van der Waals surface area contributed by atoms with Crippen molar-refractivity contribution in [3.8, 4) is 0 Å². The summed E-state index contributed by atoms with van der Waals surface area (Å²) in [6, 6.07) is 13.0. The van der Waals surface area contributed by atoms with Crippen LogP contribution in [0, 0.1) is 5.92 Å². The predicted octanol–water partition coefficient (Wildman–Crippen LogP) is 3.89. The van der Waals surface area contributed by atoms with Crippen molar-refractivity contribution in [2.45, 2.75) is 44.6 Å². The minimum absolute atomic E-state index is 0. The number of hydrogen-bond acceptors (Lipinski definition) is 3. The quantitative estimate of drug-likeness (QED) is 0.844. The SMILES string of the molecule is CCC1CN(C(=O)c2ccn(C3CCCNC3)n2)CCC1c1ccccc1.Cl. The van der Waals surface area contributed by atoms with Gasteiger partial charge in [0.2, 0.25) is 0 Å². The van der Waals surface area contributed by atoms with Gasteiger partial charge in [0.25, 0.3) is 5.91 Å². The molecule has 152 valence electrons. The minimum Gasteiger partial charge on any atom is -0.337 e. The maximum absolute atomic E-state index is 13.0. The number of nitrogens with one attached hydrogen (secondary N) is 1. The van der Waals surface area contributed by atoms with Crippen molar-refractivity contribution in [1.29, 1.82) is 0 Å². The van der Waals surface area contributed by atoms with Gasteiger partial charge in [0.15, 0.2) is 0 Å². The van der Waals surface area contributed by atoms with Gasteiger partial charge in [-0.2, -0.15) is 5.10 Å². The van der Waals surface area contributed by atoms with E-state index in [1.165, 1.54) is 12.0 Å². The maximum atomic E-state index is 13.0. The number of amides is 1. The fourth-order valence-corrected chi connectivity index (χ4v) is 4.65. The van der Waals surface area contributed by atoms with E-state index in [9.17, 15) is 4.79 Å². The summed E-state index contributed by atoms with van der Waals surface area (Å²) in [5, 5.41) is 8.04. The van der Waals surface area contributed by atoms with Gasteiger partial charge < -0.3 is 10.2 Å². The highest BCUT2D eigenvalue weighted by Crippen LogP contribution is 2.35. The van der Waals surface area contributed by atoms with Gasteiger partial charge in [-0.3, -0.25) is 9.48 Å². The average Bonchev–Trinajstić information content (AvgIpc) is 3.24. The molecular weight excluding hydrogens is 372 g/mol. The highest BCUT2D eigenvalue weighted by molar-refractivity contribution is 5.92. The molecule has 3 heterocycles. The lowest BCUT2D eigenvalue weighted by Gasteiger charge is -2.38. The molecule has 1 aromatic carbocycles. The summed E-state index contributed by atoms with van der Waals surface area (Å²) < 4.78 is 1.98. The number of halogens is 1. The van der Waals surface area contributed by atoms with E-state index >= 15 is 0 Å². The third kappa shape index (κ3) is 4.41. The molecule has 2 fully saturated rings. The van der Waals surface area contributed by atoms with Crippen LogP contribution in [0.25, 0.3) is 0 Å². The number of nitrogens with zero attached hydrogens (tertiary/aromatic N) is 3. The normalized spacial score (nSPS) is 25.2. The van der Waals surface area contributed by atoms with Crippen molar-refractivity contribution < 1.29 is 4.79 Å². The topological polar surface area (TPSA) is 50.2 Å². The lowest BCUT2D eigenvalue weighted by atomic mass is 9.79. The molecule has 0 aliphatic carbocycles. The van der Waals surface area contributed by atoms with Crippen LogP contribution in [0.4, 0.5) is 0 Å². The number of carbonyl (C=O) groups excluding carboxylic acids is 1. The van der Waals surface area contributed by atoms with E-state index in [0.29, 0.717) is 23.6 Å². The second-order valence-corrected chi connectivity index (χ2v) is 7.91. The molecule has 1 amide bonds. The molecule has 2 saturated heterocycles. The largest absolute Gasteiger partial charge is 0.337 e. The van der Waals surface area contributed by atoms with E-state index in [0.717, 1.165) is 45.4 Å². The van der Waals surface area contributed by atoms with Crippen LogP contribution in [0.1, 0.15) is 60.6 Å². The van der Waals surface area contributed by atoms with Crippen LogP contribution >= 0.6 is 12.4 Å². The summed E-state index contributed by atoms with van der Waals surface area (Å²) in [4.78, 5) is 15.0. The van der Waals surface area contributed by atoms with Crippen LogP contribution in [-0.2, 0) is 0 Å². The molecule has 28 heavy (non-hydrogen) atoms. The number of hydrogen-bond donors (Lipinski definition) is 1. The molecule has 1 aromatic heterocycles. The molecule has 0 radical (unpaired) electrons. The highest BCUT2D eigenvalue weighted by Gasteiger charge is 2.32. The van der Waals surface area contributed by atoms with Crippen LogP contribution in [0.3, 0.4) is 0 Å². The monoisotopic (exact) mass is 402 g/mol. The maximum Gasteiger partial charge on any atom is 0.274 e. The van der Waals surface area contributed by atoms with Crippen molar-refractivity contribution in [3.63, 3.8) is 0 Å². The Kier molecular flexibility index (Phi) is 7.13. The van der Waals surface area contributed by atoms with Crippen molar-refractivity contribution in [3.05, 3.63) is 53.9 Å². The summed E-state index contributed by atoms with van der Waals surface area (Å²) in [7, 11) is 0. The van der Waals surface area contributed by atoms with Gasteiger partial charge in [0, 0.05) is 25.8 Å². The first-order valence-electron chi connectivity index (χ1n) is 10.4. The number of piperidine rings is 2. The van der Waals surface area contributed by atoms with Crippen LogP contribution in [0.5, 0.6) is 0 Å². The van der Waals surface area contributed by atoms with E-state index in [2.05, 4.69) is 47.7 Å². The zero-order valence-electron chi connectivity index (χ0n) is 16.6. The Labute approximate surface area is 173 Å². The second kappa shape index (κ2) is 9.57. The van der Waals surface area contributed by atoms with E-state index < -0.39 is 0 Å². The summed E-state index contributed by atoms with van der Waals surface area (Å²) in [5.74, 6) is 1.14. The van der Waals surface area contributed by atoms with Crippen molar-refractivity contribution in [1.82, 2.24) is 20.0 Å². The zero-order valence-corrected chi connectivity index (χ0v) is 17.4. The van der Waals surface area contributed by atoms with Gasteiger partial charge in [-0.25, -0.2) is 0 Å². The zero-order chi connectivity index (χ0) is 18.6. The molecule has 2 aliphatic rings. The molecule has 2 aromatic rings. The molecule has 1 N–H and O–H groups in total. The number of rotatable bonds is 4. The van der Waals surface area contributed by atoms with Gasteiger partial charge in [-0.05, 0) is 49.3 Å². The summed E-state index contributed by atoms with van der Waals surface area (Å²) in [5.41, 5.74) is 2.00. The lowest BCUT2D eigenvalue weighted by Crippen LogP contribution is -2.43. The molecule has 3 unspecified atom stereocenters. The third-order valence-electron chi connectivity index (χ3n) is 6.25. The molecule has 2 aliphatic heterocycles. The lowest BCUT2D eigenvalue weighted by molar-refractivity contribution is 0.0638. The van der Waals surface area contributed by atoms with Gasteiger partial charge in [-0.1, -0.05) is 43.7 Å². The Balaban J connectivity index is 0.00000225. The molecule has 0 bridgehead atoms. The Hall–Kier alpha value is -1.85.